The molecule has 0 bridgehead atoms. The average molecular weight is 486 g/mol. The topological polar surface area (TPSA) is 3.24 Å². The number of hydrogen-bond acceptors (Lipinski definition) is 1. The first-order valence-electron chi connectivity index (χ1n) is 13.2. The lowest BCUT2D eigenvalue weighted by atomic mass is 9.89. The lowest BCUT2D eigenvalue weighted by Crippen LogP contribution is -2.10. The molecule has 0 radical (unpaired) electrons. The summed E-state index contributed by atoms with van der Waals surface area (Å²) >= 11 is 0. The van der Waals surface area contributed by atoms with Gasteiger partial charge in [0, 0.05) is 22.9 Å². The average Bonchev–Trinajstić information content (AvgIpc) is 3.33. The molecule has 1 unspecified atom stereocenters. The minimum Gasteiger partial charge on any atom is -0.310 e. The van der Waals surface area contributed by atoms with Gasteiger partial charge in [-0.15, -0.1) is 0 Å². The van der Waals surface area contributed by atoms with Crippen LogP contribution in [0.2, 0.25) is 0 Å². The van der Waals surface area contributed by atoms with Gasteiger partial charge in [-0.3, -0.25) is 0 Å². The van der Waals surface area contributed by atoms with E-state index in [4.69, 9.17) is 0 Å². The Morgan fingerprint density at radius 3 is 1.61 bits per heavy atom. The Hall–Kier alpha value is -4.88. The third-order valence-electron chi connectivity index (χ3n) is 7.54. The van der Waals surface area contributed by atoms with Crippen molar-refractivity contribution in [1.29, 1.82) is 0 Å². The van der Waals surface area contributed by atoms with Gasteiger partial charge in [0.05, 0.1) is 5.69 Å². The monoisotopic (exact) mass is 485 g/mol. The Kier molecular flexibility index (Phi) is 5.60. The molecule has 1 aliphatic rings. The SMILES string of the molecule is c1ccc(C2c3ccccc3-c3cc(-c4ccccc4N(c4ccccc4)c4ccccc4)ccc32)cc1. The maximum absolute atomic E-state index is 2.39. The van der Waals surface area contributed by atoms with Crippen molar-refractivity contribution in [3.8, 4) is 22.3 Å². The van der Waals surface area contributed by atoms with Crippen molar-refractivity contribution in [2.45, 2.75) is 5.92 Å². The van der Waals surface area contributed by atoms with Gasteiger partial charge in [-0.1, -0.05) is 121 Å². The molecular formula is C37H27N. The van der Waals surface area contributed by atoms with E-state index in [-0.39, 0.29) is 5.92 Å². The number of nitrogens with zero attached hydrogens (tertiary/aromatic N) is 1. The van der Waals surface area contributed by atoms with Crippen LogP contribution in [-0.2, 0) is 0 Å². The lowest BCUT2D eigenvalue weighted by Gasteiger charge is -2.28. The van der Waals surface area contributed by atoms with E-state index in [0.29, 0.717) is 0 Å². The van der Waals surface area contributed by atoms with Gasteiger partial charge in [-0.25, -0.2) is 0 Å². The lowest BCUT2D eigenvalue weighted by molar-refractivity contribution is 1.02. The van der Waals surface area contributed by atoms with Gasteiger partial charge in [0.1, 0.15) is 0 Å². The Labute approximate surface area is 224 Å². The van der Waals surface area contributed by atoms with Gasteiger partial charge in [-0.05, 0) is 69.8 Å². The summed E-state index contributed by atoms with van der Waals surface area (Å²) in [4.78, 5) is 2.35. The van der Waals surface area contributed by atoms with Crippen LogP contribution >= 0.6 is 0 Å². The highest BCUT2D eigenvalue weighted by Crippen LogP contribution is 2.50. The minimum absolute atomic E-state index is 0.261. The first-order chi connectivity index (χ1) is 18.9. The Bertz CT molecular complexity index is 1670. The molecule has 0 saturated carbocycles. The summed E-state index contributed by atoms with van der Waals surface area (Å²) in [6.45, 7) is 0. The number of hydrogen-bond donors (Lipinski definition) is 0. The van der Waals surface area contributed by atoms with Gasteiger partial charge in [-0.2, -0.15) is 0 Å². The van der Waals surface area contributed by atoms with E-state index in [1.165, 1.54) is 38.9 Å². The number of fused-ring (bicyclic) bond motifs is 3. The van der Waals surface area contributed by atoms with Crippen molar-refractivity contribution < 1.29 is 0 Å². The van der Waals surface area contributed by atoms with Crippen LogP contribution in [0.25, 0.3) is 22.3 Å². The highest BCUT2D eigenvalue weighted by molar-refractivity contribution is 5.91. The quantitative estimate of drug-likeness (QED) is 0.234. The summed E-state index contributed by atoms with van der Waals surface area (Å²) < 4.78 is 0. The van der Waals surface area contributed by atoms with E-state index in [1.54, 1.807) is 0 Å². The molecule has 1 aliphatic carbocycles. The molecular weight excluding hydrogens is 458 g/mol. The van der Waals surface area contributed by atoms with Crippen LogP contribution in [0.15, 0.2) is 158 Å². The second kappa shape index (κ2) is 9.53. The molecule has 0 amide bonds. The molecule has 0 saturated heterocycles. The number of benzene rings is 6. The normalized spacial score (nSPS) is 13.5. The van der Waals surface area contributed by atoms with Crippen molar-refractivity contribution in [2.24, 2.45) is 0 Å². The molecule has 180 valence electrons. The highest BCUT2D eigenvalue weighted by atomic mass is 15.1. The van der Waals surface area contributed by atoms with Crippen LogP contribution in [0, 0.1) is 0 Å². The van der Waals surface area contributed by atoms with E-state index >= 15 is 0 Å². The number of anilines is 3. The smallest absolute Gasteiger partial charge is 0.0540 e. The molecule has 0 spiro atoms. The summed E-state index contributed by atoms with van der Waals surface area (Å²) in [5.41, 5.74) is 12.6. The maximum Gasteiger partial charge on any atom is 0.0540 e. The maximum atomic E-state index is 2.39. The number of para-hydroxylation sites is 3. The zero-order valence-corrected chi connectivity index (χ0v) is 21.0. The molecule has 7 rings (SSSR count). The standard InChI is InChI=1S/C37H27N/c1-4-14-27(15-5-1)37-33-22-11-10-21-32(33)35-26-28(24-25-34(35)37)31-20-12-13-23-36(31)38(29-16-6-2-7-17-29)30-18-8-3-9-19-30/h1-26,37H. The van der Waals surface area contributed by atoms with Crippen LogP contribution in [0.3, 0.4) is 0 Å². The molecule has 0 fully saturated rings. The first-order valence-corrected chi connectivity index (χ1v) is 13.2. The molecule has 0 aromatic heterocycles. The summed E-state index contributed by atoms with van der Waals surface area (Å²) in [6, 6.07) is 56.8. The minimum atomic E-state index is 0.261. The van der Waals surface area contributed by atoms with Gasteiger partial charge in [0.15, 0.2) is 0 Å². The van der Waals surface area contributed by atoms with Crippen molar-refractivity contribution >= 4 is 17.1 Å². The third-order valence-corrected chi connectivity index (χ3v) is 7.54. The zero-order valence-electron chi connectivity index (χ0n) is 21.0. The molecule has 0 heterocycles. The fourth-order valence-corrected chi connectivity index (χ4v) is 5.87. The first kappa shape index (κ1) is 22.3. The molecule has 6 aromatic carbocycles. The number of rotatable bonds is 5. The van der Waals surface area contributed by atoms with Crippen molar-refractivity contribution in [3.63, 3.8) is 0 Å². The van der Waals surface area contributed by atoms with Gasteiger partial charge in [0.25, 0.3) is 0 Å². The predicted octanol–water partition coefficient (Wildman–Crippen LogP) is 9.98. The zero-order chi connectivity index (χ0) is 25.3. The summed E-state index contributed by atoms with van der Waals surface area (Å²) in [7, 11) is 0. The van der Waals surface area contributed by atoms with Crippen molar-refractivity contribution in [3.05, 3.63) is 174 Å². The van der Waals surface area contributed by atoms with Gasteiger partial charge in [0.2, 0.25) is 0 Å². The van der Waals surface area contributed by atoms with Crippen LogP contribution in [-0.4, -0.2) is 0 Å². The molecule has 0 aliphatic heterocycles. The second-order valence-corrected chi connectivity index (χ2v) is 9.76. The Balaban J connectivity index is 1.40. The Morgan fingerprint density at radius 2 is 0.921 bits per heavy atom. The molecule has 1 heteroatoms. The van der Waals surface area contributed by atoms with Gasteiger partial charge < -0.3 is 4.90 Å². The molecule has 0 N–H and O–H groups in total. The van der Waals surface area contributed by atoms with Gasteiger partial charge >= 0.3 is 0 Å². The Morgan fingerprint density at radius 1 is 0.395 bits per heavy atom. The molecule has 1 atom stereocenters. The van der Waals surface area contributed by atoms with E-state index < -0.39 is 0 Å². The van der Waals surface area contributed by atoms with Crippen molar-refractivity contribution in [2.75, 3.05) is 4.90 Å². The third kappa shape index (κ3) is 3.81. The van der Waals surface area contributed by atoms with Crippen LogP contribution in [0.4, 0.5) is 17.1 Å². The van der Waals surface area contributed by atoms with E-state index in [0.717, 1.165) is 17.1 Å². The van der Waals surface area contributed by atoms with Crippen LogP contribution < -0.4 is 4.90 Å². The summed E-state index contributed by atoms with van der Waals surface area (Å²) in [5.74, 6) is 0.261. The summed E-state index contributed by atoms with van der Waals surface area (Å²) in [5, 5.41) is 0. The second-order valence-electron chi connectivity index (χ2n) is 9.76. The van der Waals surface area contributed by atoms with Crippen LogP contribution in [0.1, 0.15) is 22.6 Å². The molecule has 1 nitrogen and oxygen atoms in total. The largest absolute Gasteiger partial charge is 0.310 e. The highest BCUT2D eigenvalue weighted by Gasteiger charge is 2.30. The molecule has 6 aromatic rings. The molecule has 38 heavy (non-hydrogen) atoms. The van der Waals surface area contributed by atoms with E-state index in [2.05, 4.69) is 163 Å². The van der Waals surface area contributed by atoms with E-state index in [9.17, 15) is 0 Å². The fourth-order valence-electron chi connectivity index (χ4n) is 5.87. The predicted molar refractivity (Wildman–Crippen MR) is 159 cm³/mol. The fraction of sp³-hybridized carbons (Fsp3) is 0.0270. The van der Waals surface area contributed by atoms with Crippen molar-refractivity contribution in [1.82, 2.24) is 0 Å². The van der Waals surface area contributed by atoms with E-state index in [1.807, 2.05) is 0 Å². The summed E-state index contributed by atoms with van der Waals surface area (Å²) in [6.07, 6.45) is 0. The van der Waals surface area contributed by atoms with Crippen LogP contribution in [0.5, 0.6) is 0 Å².